The Morgan fingerprint density at radius 1 is 1.44 bits per heavy atom. The van der Waals surface area contributed by atoms with Crippen LogP contribution < -0.4 is 5.32 Å². The van der Waals surface area contributed by atoms with Crippen molar-refractivity contribution in [1.29, 1.82) is 0 Å². The van der Waals surface area contributed by atoms with Crippen LogP contribution in [0, 0.1) is 5.92 Å². The molecule has 1 atom stereocenters. The number of unbranched alkanes of at least 4 members (excludes halogenated alkanes) is 1. The van der Waals surface area contributed by atoms with E-state index in [1.165, 1.54) is 0 Å². The lowest BCUT2D eigenvalue weighted by atomic mass is 9.90. The number of methoxy groups -OCH3 is 1. The lowest BCUT2D eigenvalue weighted by Gasteiger charge is -2.28. The van der Waals surface area contributed by atoms with Gasteiger partial charge in [0.25, 0.3) is 0 Å². The molecule has 0 saturated heterocycles. The maximum atomic E-state index is 11.2. The minimum atomic E-state index is -0.804. The molecule has 0 spiro atoms. The van der Waals surface area contributed by atoms with Crippen molar-refractivity contribution in [3.8, 4) is 0 Å². The molecule has 96 valence electrons. The van der Waals surface area contributed by atoms with Crippen LogP contribution in [0.5, 0.6) is 0 Å². The van der Waals surface area contributed by atoms with E-state index < -0.39 is 11.5 Å². The molecule has 0 bridgehead atoms. The molecule has 4 nitrogen and oxygen atoms in total. The first-order valence-electron chi connectivity index (χ1n) is 5.89. The zero-order valence-corrected chi connectivity index (χ0v) is 10.9. The summed E-state index contributed by atoms with van der Waals surface area (Å²) in [7, 11) is 1.67. The van der Waals surface area contributed by atoms with Crippen LogP contribution in [0.25, 0.3) is 0 Å². The molecule has 0 aliphatic rings. The third-order valence-electron chi connectivity index (χ3n) is 2.58. The topological polar surface area (TPSA) is 58.6 Å². The first kappa shape index (κ1) is 15.4. The fraction of sp³-hybridized carbons (Fsp3) is 0.917. The molecule has 0 aliphatic carbocycles. The second kappa shape index (κ2) is 7.63. The molecule has 0 saturated carbocycles. The molecule has 0 radical (unpaired) electrons. The van der Waals surface area contributed by atoms with Crippen molar-refractivity contribution in [3.05, 3.63) is 0 Å². The van der Waals surface area contributed by atoms with E-state index in [-0.39, 0.29) is 0 Å². The van der Waals surface area contributed by atoms with Crippen molar-refractivity contribution in [2.75, 3.05) is 20.3 Å². The first-order chi connectivity index (χ1) is 7.42. The Kier molecular flexibility index (Phi) is 7.34. The fourth-order valence-corrected chi connectivity index (χ4v) is 1.79. The van der Waals surface area contributed by atoms with E-state index in [0.29, 0.717) is 12.3 Å². The molecule has 0 fully saturated rings. The molecule has 0 heterocycles. The van der Waals surface area contributed by atoms with E-state index in [0.717, 1.165) is 26.0 Å². The monoisotopic (exact) mass is 231 g/mol. The van der Waals surface area contributed by atoms with Crippen LogP contribution in [0.1, 0.15) is 40.0 Å². The van der Waals surface area contributed by atoms with Crippen LogP contribution in [0.3, 0.4) is 0 Å². The van der Waals surface area contributed by atoms with Gasteiger partial charge in [0.1, 0.15) is 5.54 Å². The van der Waals surface area contributed by atoms with E-state index in [4.69, 9.17) is 4.74 Å². The lowest BCUT2D eigenvalue weighted by molar-refractivity contribution is -0.144. The Labute approximate surface area is 98.4 Å². The number of aliphatic carboxylic acids is 1. The molecule has 1 unspecified atom stereocenters. The van der Waals surface area contributed by atoms with Crippen LogP contribution in [-0.2, 0) is 9.53 Å². The quantitative estimate of drug-likeness (QED) is 0.595. The number of nitrogens with one attached hydrogen (secondary N) is 1. The van der Waals surface area contributed by atoms with Gasteiger partial charge in [0, 0.05) is 13.7 Å². The normalized spacial score (nSPS) is 15.1. The van der Waals surface area contributed by atoms with Gasteiger partial charge < -0.3 is 15.2 Å². The van der Waals surface area contributed by atoms with Gasteiger partial charge in [-0.1, -0.05) is 13.8 Å². The average Bonchev–Trinajstić information content (AvgIpc) is 2.16. The van der Waals surface area contributed by atoms with Crippen LogP contribution >= 0.6 is 0 Å². The van der Waals surface area contributed by atoms with Gasteiger partial charge in [-0.05, 0) is 38.6 Å². The maximum absolute atomic E-state index is 11.2. The van der Waals surface area contributed by atoms with Gasteiger partial charge in [0.2, 0.25) is 0 Å². The Balaban J connectivity index is 3.98. The number of ether oxygens (including phenoxy) is 1. The number of hydrogen-bond donors (Lipinski definition) is 2. The van der Waals surface area contributed by atoms with Gasteiger partial charge in [-0.25, -0.2) is 0 Å². The second-order valence-corrected chi connectivity index (χ2v) is 4.86. The summed E-state index contributed by atoms with van der Waals surface area (Å²) >= 11 is 0. The summed E-state index contributed by atoms with van der Waals surface area (Å²) in [5, 5.41) is 12.3. The van der Waals surface area contributed by atoms with Crippen LogP contribution in [-0.4, -0.2) is 36.9 Å². The van der Waals surface area contributed by atoms with E-state index in [1.54, 1.807) is 14.0 Å². The SMILES string of the molecule is COCCCCNC(C)(CC(C)C)C(=O)O. The molecule has 2 N–H and O–H groups in total. The van der Waals surface area contributed by atoms with Crippen LogP contribution in [0.2, 0.25) is 0 Å². The third-order valence-corrected chi connectivity index (χ3v) is 2.58. The van der Waals surface area contributed by atoms with Gasteiger partial charge >= 0.3 is 5.97 Å². The Morgan fingerprint density at radius 3 is 2.50 bits per heavy atom. The zero-order chi connectivity index (χ0) is 12.6. The molecule has 0 rings (SSSR count). The summed E-state index contributed by atoms with van der Waals surface area (Å²) in [6.07, 6.45) is 2.54. The number of carbonyl (C=O) groups is 1. The first-order valence-corrected chi connectivity index (χ1v) is 5.89. The summed E-state index contributed by atoms with van der Waals surface area (Å²) < 4.78 is 4.94. The Bertz CT molecular complexity index is 206. The van der Waals surface area contributed by atoms with Gasteiger partial charge in [-0.2, -0.15) is 0 Å². The van der Waals surface area contributed by atoms with Gasteiger partial charge in [-0.3, -0.25) is 4.79 Å². The van der Waals surface area contributed by atoms with Crippen molar-refractivity contribution in [3.63, 3.8) is 0 Å². The minimum Gasteiger partial charge on any atom is -0.480 e. The summed E-state index contributed by atoms with van der Waals surface area (Å²) in [5.74, 6) is -0.402. The summed E-state index contributed by atoms with van der Waals surface area (Å²) in [4.78, 5) is 11.2. The maximum Gasteiger partial charge on any atom is 0.323 e. The summed E-state index contributed by atoms with van der Waals surface area (Å²) in [6.45, 7) is 7.28. The lowest BCUT2D eigenvalue weighted by Crippen LogP contribution is -2.50. The highest BCUT2D eigenvalue weighted by atomic mass is 16.5. The number of rotatable bonds is 9. The molecule has 16 heavy (non-hydrogen) atoms. The number of carboxylic acids is 1. The van der Waals surface area contributed by atoms with E-state index in [1.807, 2.05) is 13.8 Å². The molecule has 0 aromatic rings. The smallest absolute Gasteiger partial charge is 0.323 e. The fourth-order valence-electron chi connectivity index (χ4n) is 1.79. The average molecular weight is 231 g/mol. The second-order valence-electron chi connectivity index (χ2n) is 4.86. The van der Waals surface area contributed by atoms with Gasteiger partial charge in [-0.15, -0.1) is 0 Å². The Hall–Kier alpha value is -0.610. The van der Waals surface area contributed by atoms with Crippen molar-refractivity contribution >= 4 is 5.97 Å². The molecule has 4 heteroatoms. The standard InChI is InChI=1S/C12H25NO3/c1-10(2)9-12(3,11(14)15)13-7-5-6-8-16-4/h10,13H,5-9H2,1-4H3,(H,14,15). The zero-order valence-electron chi connectivity index (χ0n) is 10.9. The van der Waals surface area contributed by atoms with E-state index >= 15 is 0 Å². The number of carboxylic acid groups (broad SMARTS) is 1. The van der Waals surface area contributed by atoms with Crippen LogP contribution in [0.15, 0.2) is 0 Å². The number of hydrogen-bond acceptors (Lipinski definition) is 3. The largest absolute Gasteiger partial charge is 0.480 e. The van der Waals surface area contributed by atoms with Gasteiger partial charge in [0.15, 0.2) is 0 Å². The summed E-state index contributed by atoms with van der Waals surface area (Å²) in [5.41, 5.74) is -0.804. The van der Waals surface area contributed by atoms with Gasteiger partial charge in [0.05, 0.1) is 0 Å². The van der Waals surface area contributed by atoms with Crippen molar-refractivity contribution in [2.45, 2.75) is 45.6 Å². The van der Waals surface area contributed by atoms with Crippen molar-refractivity contribution in [2.24, 2.45) is 5.92 Å². The molecule has 0 amide bonds. The molecule has 0 aromatic heterocycles. The molecule has 0 aliphatic heterocycles. The highest BCUT2D eigenvalue weighted by Gasteiger charge is 2.32. The van der Waals surface area contributed by atoms with Crippen LogP contribution in [0.4, 0.5) is 0 Å². The van der Waals surface area contributed by atoms with Crippen molar-refractivity contribution < 1.29 is 14.6 Å². The predicted molar refractivity (Wildman–Crippen MR) is 64.6 cm³/mol. The third kappa shape index (κ3) is 6.08. The minimum absolute atomic E-state index is 0.368. The molecule has 0 aromatic carbocycles. The van der Waals surface area contributed by atoms with E-state index in [9.17, 15) is 9.90 Å². The molecular formula is C12H25NO3. The van der Waals surface area contributed by atoms with E-state index in [2.05, 4.69) is 5.32 Å². The highest BCUT2D eigenvalue weighted by Crippen LogP contribution is 2.16. The van der Waals surface area contributed by atoms with Crippen molar-refractivity contribution in [1.82, 2.24) is 5.32 Å². The Morgan fingerprint density at radius 2 is 2.06 bits per heavy atom. The molecular weight excluding hydrogens is 206 g/mol. The highest BCUT2D eigenvalue weighted by molar-refractivity contribution is 5.78. The predicted octanol–water partition coefficient (Wildman–Crippen LogP) is 1.89. The summed E-state index contributed by atoms with van der Waals surface area (Å²) in [6, 6.07) is 0.